The van der Waals surface area contributed by atoms with Crippen molar-refractivity contribution in [1.29, 1.82) is 0 Å². The Morgan fingerprint density at radius 1 is 0.200 bits per heavy atom. The quantitative estimate of drug-likeness (QED) is 0.0466. The van der Waals surface area contributed by atoms with Crippen LogP contribution < -0.4 is 0 Å². The van der Waals surface area contributed by atoms with Gasteiger partial charge in [-0.05, 0) is 117 Å². The van der Waals surface area contributed by atoms with Crippen LogP contribution >= 0.6 is 0 Å². The molecule has 2 aromatic rings. The zero-order valence-corrected chi connectivity index (χ0v) is 76.1. The van der Waals surface area contributed by atoms with Crippen molar-refractivity contribution < 1.29 is 4.68 Å². The second-order valence-corrected chi connectivity index (χ2v) is 36.6. The van der Waals surface area contributed by atoms with E-state index in [2.05, 4.69) is 84.0 Å². The topological polar surface area (TPSA) is 26.8 Å². The van der Waals surface area contributed by atoms with Gasteiger partial charge < -0.3 is 5.84 Å². The van der Waals surface area contributed by atoms with Crippen LogP contribution in [0.15, 0.2) is 53.6 Å². The minimum atomic E-state index is 1.05. The first-order chi connectivity index (χ1) is 54.5. The summed E-state index contributed by atoms with van der Waals surface area (Å²) in [4.78, 5) is 0. The van der Waals surface area contributed by atoms with Gasteiger partial charge in [-0.25, -0.2) is 4.68 Å². The zero-order valence-electron chi connectivity index (χ0n) is 76.1. The lowest BCUT2D eigenvalue weighted by Crippen LogP contribution is -2.13. The molecule has 0 unspecified atom stereocenters. The summed E-state index contributed by atoms with van der Waals surface area (Å²) in [7, 11) is 0. The number of benzene rings is 2. The van der Waals surface area contributed by atoms with Crippen LogP contribution in [0.25, 0.3) is 11.5 Å². The second kappa shape index (κ2) is 78.9. The fourth-order valence-corrected chi connectivity index (χ4v) is 18.3. The molecule has 0 aliphatic carbocycles. The molecule has 0 saturated carbocycles. The third-order valence-corrected chi connectivity index (χ3v) is 25.7. The third-order valence-electron chi connectivity index (χ3n) is 25.7. The van der Waals surface area contributed by atoms with Crippen molar-refractivity contribution in [3.8, 4) is 0 Å². The Morgan fingerprint density at radius 2 is 0.382 bits per heavy atom. The van der Waals surface area contributed by atoms with Gasteiger partial charge in [0.05, 0.1) is 5.57 Å². The first-order valence-electron chi connectivity index (χ1n) is 51.6. The van der Waals surface area contributed by atoms with E-state index in [4.69, 9.17) is 0 Å². The third kappa shape index (κ3) is 57.4. The van der Waals surface area contributed by atoms with E-state index in [1.807, 2.05) is 4.68 Å². The molecule has 0 amide bonds. The second-order valence-electron chi connectivity index (χ2n) is 36.6. The molecule has 1 N–H and O–H groups in total. The highest BCUT2D eigenvalue weighted by Crippen LogP contribution is 2.40. The van der Waals surface area contributed by atoms with Crippen LogP contribution in [0.4, 0.5) is 0 Å². The van der Waals surface area contributed by atoms with Crippen LogP contribution in [0, 0.1) is 0 Å². The van der Waals surface area contributed by atoms with E-state index in [1.54, 1.807) is 0 Å². The molecule has 0 radical (unpaired) electrons. The van der Waals surface area contributed by atoms with Gasteiger partial charge in [-0.2, -0.15) is 0 Å². The van der Waals surface area contributed by atoms with E-state index in [1.165, 1.54) is 557 Å². The van der Waals surface area contributed by atoms with Gasteiger partial charge in [0.25, 0.3) is 0 Å². The van der Waals surface area contributed by atoms with E-state index < -0.39 is 0 Å². The van der Waals surface area contributed by atoms with Gasteiger partial charge in [0.1, 0.15) is 0 Å². The molecule has 638 valence electrons. The summed E-state index contributed by atoms with van der Waals surface area (Å²) in [5, 5.41) is 0. The first-order valence-corrected chi connectivity index (χ1v) is 51.6. The lowest BCUT2D eigenvalue weighted by Gasteiger charge is -2.14. The number of rotatable bonds is 87. The van der Waals surface area contributed by atoms with Crippen molar-refractivity contribution in [2.75, 3.05) is 0 Å². The molecule has 1 aliphatic rings. The van der Waals surface area contributed by atoms with Crippen LogP contribution in [0.2, 0.25) is 0 Å². The van der Waals surface area contributed by atoms with E-state index in [9.17, 15) is 5.84 Å². The summed E-state index contributed by atoms with van der Waals surface area (Å²) in [5.74, 6) is 10.6. The Bertz CT molecular complexity index is 2260. The fraction of sp³-hybridized carbons (Fsp3) is 0.843. The number of hydrogen-bond donors (Lipinski definition) is 0. The van der Waals surface area contributed by atoms with E-state index in [-0.39, 0.29) is 0 Å². The predicted molar refractivity (Wildman–Crippen MR) is 499 cm³/mol. The summed E-state index contributed by atoms with van der Waals surface area (Å²) in [5.41, 5.74) is 13.9. The van der Waals surface area contributed by atoms with Crippen LogP contribution in [-0.2, 0) is 25.7 Å². The highest BCUT2D eigenvalue weighted by Gasteiger charge is 2.36. The monoisotopic (exact) mass is 1520 g/mol. The Labute approximate surface area is 692 Å². The number of unbranched alkanes of at least 4 members (excludes halogenated alkanes) is 74. The van der Waals surface area contributed by atoms with Gasteiger partial charge in [0, 0.05) is 16.7 Å². The molecule has 0 spiro atoms. The average molecular weight is 1520 g/mol. The predicted octanol–water partition coefficient (Wildman–Crippen LogP) is 38.7. The highest BCUT2D eigenvalue weighted by atomic mass is 15.3. The van der Waals surface area contributed by atoms with Crippen molar-refractivity contribution >= 4 is 11.4 Å². The summed E-state index contributed by atoms with van der Waals surface area (Å²) >= 11 is 0. The van der Waals surface area contributed by atoms with Crippen molar-refractivity contribution in [2.45, 2.75) is 587 Å². The van der Waals surface area contributed by atoms with Gasteiger partial charge in [-0.1, -0.05) is 535 Å². The minimum absolute atomic E-state index is 1.05. The normalized spacial score (nSPS) is 13.0. The number of aryl methyl sites for hydroxylation is 4. The van der Waals surface area contributed by atoms with Gasteiger partial charge in [0.2, 0.25) is 11.4 Å². The van der Waals surface area contributed by atoms with Crippen molar-refractivity contribution in [1.82, 2.24) is 0 Å². The highest BCUT2D eigenvalue weighted by molar-refractivity contribution is 6.16. The Hall–Kier alpha value is -2.61. The molecule has 2 aromatic carbocycles. The van der Waals surface area contributed by atoms with Gasteiger partial charge >= 0.3 is 0 Å². The molecule has 3 rings (SSSR count). The molecule has 2 nitrogen and oxygen atoms in total. The first kappa shape index (κ1) is 102. The molecule has 2 heteroatoms. The Balaban J connectivity index is 1.74. The van der Waals surface area contributed by atoms with Crippen LogP contribution in [0.5, 0.6) is 0 Å². The molecular formula is C108H196N2. The number of nitrogens with zero attached hydrogens (tertiary/aromatic N) is 1. The maximum atomic E-state index is 10.6. The molecule has 110 heavy (non-hydrogen) atoms. The summed E-state index contributed by atoms with van der Waals surface area (Å²) in [6, 6.07) is 15.6. The molecule has 0 aromatic heterocycles. The van der Waals surface area contributed by atoms with Gasteiger partial charge in [0.15, 0.2) is 0 Å². The summed E-state index contributed by atoms with van der Waals surface area (Å²) in [6.45, 7) is 14.0. The number of hydrogen-bond acceptors (Lipinski definition) is 0. The molecule has 0 saturated heterocycles. The lowest BCUT2D eigenvalue weighted by molar-refractivity contribution is -0.347. The van der Waals surface area contributed by atoms with Crippen LogP contribution in [0.1, 0.15) is 595 Å². The van der Waals surface area contributed by atoms with Crippen molar-refractivity contribution in [2.24, 2.45) is 0 Å². The standard InChI is InChI=1S/C108H196N2/c1-7-13-19-23-27-31-35-39-43-47-51-55-59-63-67-71-75-79-83-87-99-93-100(88-84-80-76-72-68-64-60-56-52-48-44-40-36-32-28-24-20-14-8-2)96-103(95-99)107-105(91-17-11-5)106(92-18-12-6)108(110(107)109)104-97-101(89-85-81-77-73-69-65-61-57-53-49-45-41-37-33-29-25-21-15-9-3)94-102(98-104)90-86-82-78-74-70-66-62-58-54-50-46-42-38-34-30-26-22-16-10-4/h91,93-98,109H,7-90,92H2,1-6H3. The van der Waals surface area contributed by atoms with E-state index in [0.29, 0.717) is 0 Å². The zero-order chi connectivity index (χ0) is 78.4. The smallest absolute Gasteiger partial charge is 0.215 e. The fourth-order valence-electron chi connectivity index (χ4n) is 18.3. The van der Waals surface area contributed by atoms with E-state index in [0.717, 1.165) is 44.9 Å². The number of nitrogens with one attached hydrogen (secondary N) is 1. The molecule has 0 bridgehead atoms. The maximum Gasteiger partial charge on any atom is 0.215 e. The largest absolute Gasteiger partial charge is 0.448 e. The lowest BCUT2D eigenvalue weighted by atomic mass is 9.88. The molecule has 0 atom stereocenters. The average Bonchev–Trinajstić information content (AvgIpc) is 1.60. The van der Waals surface area contributed by atoms with Crippen molar-refractivity contribution in [3.05, 3.63) is 92.8 Å². The van der Waals surface area contributed by atoms with E-state index >= 15 is 0 Å². The van der Waals surface area contributed by atoms with Crippen molar-refractivity contribution in [3.63, 3.8) is 0 Å². The minimum Gasteiger partial charge on any atom is -0.448 e. The molecule has 1 heterocycles. The maximum absolute atomic E-state index is 10.6. The van der Waals surface area contributed by atoms with Crippen LogP contribution in [0.3, 0.4) is 0 Å². The summed E-state index contributed by atoms with van der Waals surface area (Å²) < 4.78 is 2.00. The Morgan fingerprint density at radius 3 is 0.573 bits per heavy atom. The number of allylic oxidation sites excluding steroid dienone is 3. The molecule has 1 aliphatic heterocycles. The Kier molecular flexibility index (Phi) is 72.8. The SMILES string of the molecule is CCCC=C1C(CCCC)=C(c2cc(CCCCCCCCCCCCCCCCCCCCC)cc(CCCCCCCCCCCCCCCCCCCCC)c2)[N+]([NH-])=C1c1cc(CCCCCCCCCCCCCCCCCCCCC)cc(CCCCCCCCCCCCCCCCCCCCC)c1. The van der Waals surface area contributed by atoms with Gasteiger partial charge in [-0.3, -0.25) is 0 Å². The molecular weight excluding hydrogens is 1330 g/mol. The van der Waals surface area contributed by atoms with Gasteiger partial charge in [-0.15, -0.1) is 0 Å². The summed E-state index contributed by atoms with van der Waals surface area (Å²) in [6.07, 6.45) is 121. The molecule has 0 fully saturated rings. The van der Waals surface area contributed by atoms with Crippen LogP contribution in [-0.4, -0.2) is 10.4 Å².